The Morgan fingerprint density at radius 1 is 1.29 bits per heavy atom. The molecule has 5 heteroatoms. The molecule has 80 valence electrons. The lowest BCUT2D eigenvalue weighted by atomic mass is 10.4. The Labute approximate surface area is 83.6 Å². The van der Waals surface area contributed by atoms with E-state index in [9.17, 15) is 9.59 Å². The third kappa shape index (κ3) is 2.90. The van der Waals surface area contributed by atoms with Gasteiger partial charge in [0.25, 0.3) is 5.91 Å². The van der Waals surface area contributed by atoms with Gasteiger partial charge in [-0.1, -0.05) is 0 Å². The van der Waals surface area contributed by atoms with E-state index in [1.807, 2.05) is 0 Å². The molecule has 1 saturated heterocycles. The molecule has 0 spiro atoms. The SMILES string of the molecule is CN(C)C(=O)COC(=O)N1CCCC1. The van der Waals surface area contributed by atoms with Gasteiger partial charge in [-0.2, -0.15) is 0 Å². The Hall–Kier alpha value is -1.26. The quantitative estimate of drug-likeness (QED) is 0.644. The fourth-order valence-electron chi connectivity index (χ4n) is 1.24. The van der Waals surface area contributed by atoms with Gasteiger partial charge in [0.1, 0.15) is 0 Å². The number of hydrogen-bond acceptors (Lipinski definition) is 3. The van der Waals surface area contributed by atoms with Crippen molar-refractivity contribution in [1.82, 2.24) is 9.80 Å². The molecule has 0 aliphatic carbocycles. The van der Waals surface area contributed by atoms with Crippen LogP contribution in [-0.2, 0) is 9.53 Å². The van der Waals surface area contributed by atoms with Gasteiger partial charge < -0.3 is 14.5 Å². The zero-order valence-corrected chi connectivity index (χ0v) is 8.65. The van der Waals surface area contributed by atoms with E-state index in [2.05, 4.69) is 0 Å². The Morgan fingerprint density at radius 3 is 2.36 bits per heavy atom. The van der Waals surface area contributed by atoms with Crippen molar-refractivity contribution in [2.45, 2.75) is 12.8 Å². The predicted octanol–water partition coefficient (Wildman–Crippen LogP) is 0.307. The molecule has 2 amide bonds. The number of ether oxygens (including phenoxy) is 1. The van der Waals surface area contributed by atoms with Crippen molar-refractivity contribution in [2.24, 2.45) is 0 Å². The van der Waals surface area contributed by atoms with E-state index >= 15 is 0 Å². The van der Waals surface area contributed by atoms with Gasteiger partial charge in [-0.3, -0.25) is 4.79 Å². The van der Waals surface area contributed by atoms with Crippen LogP contribution >= 0.6 is 0 Å². The van der Waals surface area contributed by atoms with Crippen LogP contribution in [0.5, 0.6) is 0 Å². The van der Waals surface area contributed by atoms with E-state index in [1.165, 1.54) is 4.90 Å². The number of rotatable bonds is 2. The summed E-state index contributed by atoms with van der Waals surface area (Å²) in [6.07, 6.45) is 1.67. The highest BCUT2D eigenvalue weighted by atomic mass is 16.6. The molecule has 1 rings (SSSR count). The summed E-state index contributed by atoms with van der Waals surface area (Å²) < 4.78 is 4.84. The molecule has 0 aromatic rings. The van der Waals surface area contributed by atoms with Crippen LogP contribution in [-0.4, -0.2) is 55.6 Å². The maximum Gasteiger partial charge on any atom is 0.410 e. The molecule has 1 aliphatic rings. The molecule has 0 aromatic carbocycles. The van der Waals surface area contributed by atoms with Gasteiger partial charge in [-0.05, 0) is 12.8 Å². The van der Waals surface area contributed by atoms with Gasteiger partial charge in [0.15, 0.2) is 6.61 Å². The van der Waals surface area contributed by atoms with Gasteiger partial charge in [0.05, 0.1) is 0 Å². The summed E-state index contributed by atoms with van der Waals surface area (Å²) in [5, 5.41) is 0. The molecule has 0 N–H and O–H groups in total. The number of likely N-dealkylation sites (tertiary alicyclic amines) is 1. The summed E-state index contributed by atoms with van der Waals surface area (Å²) in [6.45, 7) is 1.33. The second kappa shape index (κ2) is 4.83. The molecule has 0 saturated carbocycles. The molecule has 1 fully saturated rings. The zero-order chi connectivity index (χ0) is 10.6. The lowest BCUT2D eigenvalue weighted by Gasteiger charge is -2.16. The fourth-order valence-corrected chi connectivity index (χ4v) is 1.24. The summed E-state index contributed by atoms with van der Waals surface area (Å²) >= 11 is 0. The van der Waals surface area contributed by atoms with Crippen molar-refractivity contribution in [3.05, 3.63) is 0 Å². The van der Waals surface area contributed by atoms with E-state index in [1.54, 1.807) is 19.0 Å². The molecule has 5 nitrogen and oxygen atoms in total. The Bertz CT molecular complexity index is 222. The first-order valence-electron chi connectivity index (χ1n) is 4.73. The molecule has 0 aromatic heterocycles. The van der Waals surface area contributed by atoms with Crippen molar-refractivity contribution in [1.29, 1.82) is 0 Å². The van der Waals surface area contributed by atoms with E-state index in [4.69, 9.17) is 4.74 Å². The molecular weight excluding hydrogens is 184 g/mol. The number of likely N-dealkylation sites (N-methyl/N-ethyl adjacent to an activating group) is 1. The van der Waals surface area contributed by atoms with Gasteiger partial charge in [-0.25, -0.2) is 4.79 Å². The smallest absolute Gasteiger partial charge is 0.410 e. The van der Waals surface area contributed by atoms with Gasteiger partial charge in [0, 0.05) is 27.2 Å². The van der Waals surface area contributed by atoms with Gasteiger partial charge in [-0.15, -0.1) is 0 Å². The monoisotopic (exact) mass is 200 g/mol. The lowest BCUT2D eigenvalue weighted by Crippen LogP contribution is -2.33. The van der Waals surface area contributed by atoms with E-state index < -0.39 is 0 Å². The first-order chi connectivity index (χ1) is 6.61. The molecule has 0 atom stereocenters. The number of amides is 2. The molecular formula is C9H16N2O3. The third-order valence-corrected chi connectivity index (χ3v) is 2.18. The van der Waals surface area contributed by atoms with E-state index in [0.717, 1.165) is 25.9 Å². The molecule has 1 heterocycles. The summed E-state index contributed by atoms with van der Waals surface area (Å²) in [4.78, 5) is 25.4. The first kappa shape index (κ1) is 10.8. The van der Waals surface area contributed by atoms with Crippen LogP contribution in [0.3, 0.4) is 0 Å². The number of nitrogens with zero attached hydrogens (tertiary/aromatic N) is 2. The largest absolute Gasteiger partial charge is 0.439 e. The highest BCUT2D eigenvalue weighted by Gasteiger charge is 2.20. The molecule has 0 unspecified atom stereocenters. The van der Waals surface area contributed by atoms with Crippen LogP contribution in [0.1, 0.15) is 12.8 Å². The lowest BCUT2D eigenvalue weighted by molar-refractivity contribution is -0.132. The van der Waals surface area contributed by atoms with E-state index in [-0.39, 0.29) is 18.6 Å². The fraction of sp³-hybridized carbons (Fsp3) is 0.778. The minimum atomic E-state index is -0.377. The number of hydrogen-bond donors (Lipinski definition) is 0. The standard InChI is InChI=1S/C9H16N2O3/c1-10(2)8(12)7-14-9(13)11-5-3-4-6-11/h3-7H2,1-2H3. The van der Waals surface area contributed by atoms with E-state index in [0.29, 0.717) is 0 Å². The molecule has 1 aliphatic heterocycles. The van der Waals surface area contributed by atoms with Crippen molar-refractivity contribution in [2.75, 3.05) is 33.8 Å². The Morgan fingerprint density at radius 2 is 1.86 bits per heavy atom. The first-order valence-corrected chi connectivity index (χ1v) is 4.73. The van der Waals surface area contributed by atoms with Crippen molar-refractivity contribution in [3.63, 3.8) is 0 Å². The average Bonchev–Trinajstić information content (AvgIpc) is 2.66. The van der Waals surface area contributed by atoms with Crippen molar-refractivity contribution < 1.29 is 14.3 Å². The number of carbonyl (C=O) groups excluding carboxylic acids is 2. The van der Waals surface area contributed by atoms with Gasteiger partial charge in [0.2, 0.25) is 0 Å². The van der Waals surface area contributed by atoms with Crippen LogP contribution < -0.4 is 0 Å². The third-order valence-electron chi connectivity index (χ3n) is 2.18. The van der Waals surface area contributed by atoms with Gasteiger partial charge >= 0.3 is 6.09 Å². The summed E-state index contributed by atoms with van der Waals surface area (Å²) in [7, 11) is 3.26. The topological polar surface area (TPSA) is 49.9 Å². The average molecular weight is 200 g/mol. The zero-order valence-electron chi connectivity index (χ0n) is 8.65. The number of carbonyl (C=O) groups is 2. The van der Waals surface area contributed by atoms with Crippen LogP contribution in [0.15, 0.2) is 0 Å². The summed E-state index contributed by atoms with van der Waals surface area (Å²) in [5.41, 5.74) is 0. The Balaban J connectivity index is 2.23. The van der Waals surface area contributed by atoms with Crippen LogP contribution in [0.2, 0.25) is 0 Å². The molecule has 0 radical (unpaired) electrons. The normalized spacial score (nSPS) is 15.4. The maximum atomic E-state index is 11.3. The predicted molar refractivity (Wildman–Crippen MR) is 50.8 cm³/mol. The highest BCUT2D eigenvalue weighted by Crippen LogP contribution is 2.08. The highest BCUT2D eigenvalue weighted by molar-refractivity contribution is 5.79. The second-order valence-corrected chi connectivity index (χ2v) is 3.54. The van der Waals surface area contributed by atoms with Crippen LogP contribution in [0, 0.1) is 0 Å². The van der Waals surface area contributed by atoms with Crippen LogP contribution in [0.25, 0.3) is 0 Å². The summed E-state index contributed by atoms with van der Waals surface area (Å²) in [6, 6.07) is 0. The Kier molecular flexibility index (Phi) is 3.73. The second-order valence-electron chi connectivity index (χ2n) is 3.54. The minimum Gasteiger partial charge on any atom is -0.439 e. The van der Waals surface area contributed by atoms with Crippen molar-refractivity contribution in [3.8, 4) is 0 Å². The minimum absolute atomic E-state index is 0.164. The summed E-state index contributed by atoms with van der Waals surface area (Å²) in [5.74, 6) is -0.197. The molecule has 14 heavy (non-hydrogen) atoms. The van der Waals surface area contributed by atoms with Crippen LogP contribution in [0.4, 0.5) is 4.79 Å². The molecule has 0 bridgehead atoms. The maximum absolute atomic E-state index is 11.3. The van der Waals surface area contributed by atoms with Crippen molar-refractivity contribution >= 4 is 12.0 Å².